The number of phenolic OH excluding ortho intramolecular Hbond substituents is 2. The van der Waals surface area contributed by atoms with Crippen molar-refractivity contribution in [2.75, 3.05) is 0 Å². The Kier molecular flexibility index (Phi) is 3.48. The number of phenols is 2. The lowest BCUT2D eigenvalue weighted by atomic mass is 10.2. The molecule has 18 heavy (non-hydrogen) atoms. The van der Waals surface area contributed by atoms with E-state index in [1.807, 2.05) is 0 Å². The number of carbonyl (C=O) groups is 1. The van der Waals surface area contributed by atoms with Crippen molar-refractivity contribution < 1.29 is 19.7 Å². The summed E-state index contributed by atoms with van der Waals surface area (Å²) in [6, 6.07) is 12.7. The molecule has 0 aliphatic carbocycles. The van der Waals surface area contributed by atoms with Gasteiger partial charge in [0.1, 0.15) is 23.7 Å². The fourth-order valence-corrected chi connectivity index (χ4v) is 1.50. The summed E-state index contributed by atoms with van der Waals surface area (Å²) in [5.41, 5.74) is 0.620. The van der Waals surface area contributed by atoms with Crippen LogP contribution in [0.5, 0.6) is 11.5 Å². The molecule has 0 spiro atoms. The van der Waals surface area contributed by atoms with Gasteiger partial charge in [0.25, 0.3) is 0 Å². The SMILES string of the molecule is O=C(OCc1ccccc1O)c1ccccc1O. The van der Waals surface area contributed by atoms with Crippen LogP contribution >= 0.6 is 0 Å². The number of carbonyl (C=O) groups excluding carboxylic acids is 1. The Bertz CT molecular complexity index is 563. The molecule has 0 saturated carbocycles. The van der Waals surface area contributed by atoms with E-state index in [9.17, 15) is 15.0 Å². The van der Waals surface area contributed by atoms with Gasteiger partial charge in [-0.2, -0.15) is 0 Å². The summed E-state index contributed by atoms with van der Waals surface area (Å²) in [6.07, 6.45) is 0. The molecule has 92 valence electrons. The average molecular weight is 244 g/mol. The van der Waals surface area contributed by atoms with Crippen LogP contribution in [-0.4, -0.2) is 16.2 Å². The largest absolute Gasteiger partial charge is 0.508 e. The molecule has 0 unspecified atom stereocenters. The molecule has 0 atom stereocenters. The van der Waals surface area contributed by atoms with Gasteiger partial charge in [-0.1, -0.05) is 30.3 Å². The maximum atomic E-state index is 11.7. The smallest absolute Gasteiger partial charge is 0.342 e. The van der Waals surface area contributed by atoms with Gasteiger partial charge in [-0.3, -0.25) is 0 Å². The fraction of sp³-hybridized carbons (Fsp3) is 0.0714. The van der Waals surface area contributed by atoms with Crippen LogP contribution < -0.4 is 0 Å². The Morgan fingerprint density at radius 1 is 0.944 bits per heavy atom. The molecule has 0 aliphatic heterocycles. The molecule has 2 aromatic carbocycles. The van der Waals surface area contributed by atoms with Crippen molar-refractivity contribution in [2.45, 2.75) is 6.61 Å². The minimum Gasteiger partial charge on any atom is -0.508 e. The highest BCUT2D eigenvalue weighted by Crippen LogP contribution is 2.20. The third kappa shape index (κ3) is 2.60. The van der Waals surface area contributed by atoms with Crippen molar-refractivity contribution >= 4 is 5.97 Å². The number of benzene rings is 2. The van der Waals surface area contributed by atoms with Crippen molar-refractivity contribution in [2.24, 2.45) is 0 Å². The lowest BCUT2D eigenvalue weighted by molar-refractivity contribution is 0.0467. The van der Waals surface area contributed by atoms with Gasteiger partial charge in [-0.15, -0.1) is 0 Å². The van der Waals surface area contributed by atoms with Crippen LogP contribution in [0.1, 0.15) is 15.9 Å². The fourth-order valence-electron chi connectivity index (χ4n) is 1.50. The summed E-state index contributed by atoms with van der Waals surface area (Å²) < 4.78 is 5.02. The zero-order chi connectivity index (χ0) is 13.0. The number of esters is 1. The number of ether oxygens (including phenoxy) is 1. The molecule has 2 rings (SSSR count). The summed E-state index contributed by atoms with van der Waals surface area (Å²) in [6.45, 7) is -0.0418. The average Bonchev–Trinajstić information content (AvgIpc) is 2.38. The molecule has 0 aliphatic rings. The predicted octanol–water partition coefficient (Wildman–Crippen LogP) is 2.45. The minimum atomic E-state index is -0.628. The van der Waals surface area contributed by atoms with Gasteiger partial charge in [0.05, 0.1) is 0 Å². The van der Waals surface area contributed by atoms with Crippen molar-refractivity contribution in [3.8, 4) is 11.5 Å². The molecule has 0 aromatic heterocycles. The molecule has 0 bridgehead atoms. The van der Waals surface area contributed by atoms with E-state index in [2.05, 4.69) is 0 Å². The molecule has 0 saturated heterocycles. The quantitative estimate of drug-likeness (QED) is 0.814. The number of para-hydroxylation sites is 2. The zero-order valence-corrected chi connectivity index (χ0v) is 9.54. The van der Waals surface area contributed by atoms with Crippen LogP contribution in [0.15, 0.2) is 48.5 Å². The zero-order valence-electron chi connectivity index (χ0n) is 9.54. The van der Waals surface area contributed by atoms with Gasteiger partial charge in [0.15, 0.2) is 0 Å². The van der Waals surface area contributed by atoms with Crippen LogP contribution in [0.3, 0.4) is 0 Å². The Hall–Kier alpha value is -2.49. The summed E-state index contributed by atoms with van der Waals surface area (Å²) in [5.74, 6) is -0.682. The molecule has 2 aromatic rings. The lowest BCUT2D eigenvalue weighted by Gasteiger charge is -2.07. The Balaban J connectivity index is 2.06. The van der Waals surface area contributed by atoms with Crippen LogP contribution in [0.2, 0.25) is 0 Å². The van der Waals surface area contributed by atoms with E-state index < -0.39 is 5.97 Å². The Labute approximate surface area is 104 Å². The summed E-state index contributed by atoms with van der Waals surface area (Å²) in [7, 11) is 0. The maximum absolute atomic E-state index is 11.7. The van der Waals surface area contributed by atoms with Crippen molar-refractivity contribution in [3.05, 3.63) is 59.7 Å². The lowest BCUT2D eigenvalue weighted by Crippen LogP contribution is -2.05. The third-order valence-electron chi connectivity index (χ3n) is 2.47. The first-order valence-corrected chi connectivity index (χ1v) is 5.40. The molecular weight excluding hydrogens is 232 g/mol. The molecule has 0 fully saturated rings. The third-order valence-corrected chi connectivity index (χ3v) is 2.47. The molecule has 0 amide bonds. The number of aromatic hydroxyl groups is 2. The highest BCUT2D eigenvalue weighted by atomic mass is 16.5. The number of hydrogen-bond acceptors (Lipinski definition) is 4. The molecular formula is C14H12O4. The van der Waals surface area contributed by atoms with Gasteiger partial charge >= 0.3 is 5.97 Å². The second-order valence-electron chi connectivity index (χ2n) is 3.72. The monoisotopic (exact) mass is 244 g/mol. The highest BCUT2D eigenvalue weighted by Gasteiger charge is 2.12. The predicted molar refractivity (Wildman–Crippen MR) is 65.3 cm³/mol. The normalized spacial score (nSPS) is 10.0. The van der Waals surface area contributed by atoms with E-state index in [0.29, 0.717) is 5.56 Å². The van der Waals surface area contributed by atoms with Gasteiger partial charge in [-0.25, -0.2) is 4.79 Å². The molecule has 4 heteroatoms. The van der Waals surface area contributed by atoms with E-state index in [1.54, 1.807) is 30.3 Å². The van der Waals surface area contributed by atoms with Crippen LogP contribution in [0.25, 0.3) is 0 Å². The summed E-state index contributed by atoms with van der Waals surface area (Å²) >= 11 is 0. The molecule has 4 nitrogen and oxygen atoms in total. The van der Waals surface area contributed by atoms with Gasteiger partial charge in [0, 0.05) is 5.56 Å². The second-order valence-corrected chi connectivity index (χ2v) is 3.72. The second kappa shape index (κ2) is 5.23. The first-order valence-electron chi connectivity index (χ1n) is 5.40. The summed E-state index contributed by atoms with van der Waals surface area (Å²) in [4.78, 5) is 11.7. The van der Waals surface area contributed by atoms with Crippen molar-refractivity contribution in [1.29, 1.82) is 0 Å². The first kappa shape index (κ1) is 12.0. The molecule has 0 radical (unpaired) electrons. The van der Waals surface area contributed by atoms with Crippen LogP contribution in [0.4, 0.5) is 0 Å². The summed E-state index contributed by atoms with van der Waals surface area (Å²) in [5, 5.41) is 19.0. The molecule has 2 N–H and O–H groups in total. The van der Waals surface area contributed by atoms with E-state index >= 15 is 0 Å². The minimum absolute atomic E-state index is 0.0418. The van der Waals surface area contributed by atoms with Gasteiger partial charge < -0.3 is 14.9 Å². The van der Waals surface area contributed by atoms with E-state index in [1.165, 1.54) is 18.2 Å². The van der Waals surface area contributed by atoms with Crippen molar-refractivity contribution in [1.82, 2.24) is 0 Å². The maximum Gasteiger partial charge on any atom is 0.342 e. The topological polar surface area (TPSA) is 66.8 Å². The Morgan fingerprint density at radius 2 is 1.56 bits per heavy atom. The first-order chi connectivity index (χ1) is 8.68. The standard InChI is InChI=1S/C14H12O4/c15-12-7-3-1-5-10(12)9-18-14(17)11-6-2-4-8-13(11)16/h1-8,15-16H,9H2. The van der Waals surface area contributed by atoms with Gasteiger partial charge in [0.2, 0.25) is 0 Å². The highest BCUT2D eigenvalue weighted by molar-refractivity contribution is 5.92. The molecule has 0 heterocycles. The number of rotatable bonds is 3. The van der Waals surface area contributed by atoms with E-state index in [4.69, 9.17) is 4.74 Å². The van der Waals surface area contributed by atoms with E-state index in [0.717, 1.165) is 0 Å². The van der Waals surface area contributed by atoms with E-state index in [-0.39, 0.29) is 23.7 Å². The van der Waals surface area contributed by atoms with Crippen LogP contribution in [-0.2, 0) is 11.3 Å². The Morgan fingerprint density at radius 3 is 2.22 bits per heavy atom. The van der Waals surface area contributed by atoms with Crippen LogP contribution in [0, 0.1) is 0 Å². The van der Waals surface area contributed by atoms with Gasteiger partial charge in [-0.05, 0) is 18.2 Å². The van der Waals surface area contributed by atoms with Crippen molar-refractivity contribution in [3.63, 3.8) is 0 Å². The number of hydrogen-bond donors (Lipinski definition) is 2.